The molecular weight excluding hydrogens is 492 g/mol. The second kappa shape index (κ2) is 9.57. The van der Waals surface area contributed by atoms with Crippen molar-refractivity contribution in [2.45, 2.75) is 19.0 Å². The third kappa shape index (κ3) is 5.30. The second-order valence-electron chi connectivity index (χ2n) is 7.49. The zero-order chi connectivity index (χ0) is 26.1. The van der Waals surface area contributed by atoms with Gasteiger partial charge in [-0.15, -0.1) is 0 Å². The van der Waals surface area contributed by atoms with Crippen molar-refractivity contribution in [1.82, 2.24) is 19.9 Å². The van der Waals surface area contributed by atoms with Gasteiger partial charge >= 0.3 is 12.4 Å². The van der Waals surface area contributed by atoms with Crippen molar-refractivity contribution in [3.8, 4) is 17.1 Å². The van der Waals surface area contributed by atoms with Gasteiger partial charge in [-0.05, 0) is 36.4 Å². The maximum atomic E-state index is 13.7. The van der Waals surface area contributed by atoms with Gasteiger partial charge in [0.1, 0.15) is 22.7 Å². The van der Waals surface area contributed by atoms with E-state index in [1.165, 1.54) is 26.4 Å². The number of nitrogens with one attached hydrogen (secondary N) is 1. The van der Waals surface area contributed by atoms with Crippen molar-refractivity contribution < 1.29 is 35.8 Å². The summed E-state index contributed by atoms with van der Waals surface area (Å²) in [6.07, 6.45) is -6.99. The lowest BCUT2D eigenvalue weighted by atomic mass is 10.1. The van der Waals surface area contributed by atoms with Crippen LogP contribution in [0.2, 0.25) is 0 Å². The molecule has 0 aliphatic heterocycles. The minimum atomic E-state index is -4.74. The van der Waals surface area contributed by atoms with E-state index in [1.807, 2.05) is 0 Å². The van der Waals surface area contributed by atoms with Gasteiger partial charge in [-0.1, -0.05) is 0 Å². The number of hydrogen-bond donors (Lipinski definition) is 1. The molecule has 7 nitrogen and oxygen atoms in total. The summed E-state index contributed by atoms with van der Waals surface area (Å²) in [5.41, 5.74) is -1.34. The van der Waals surface area contributed by atoms with Gasteiger partial charge in [0.05, 0.1) is 48.6 Å². The zero-order valence-corrected chi connectivity index (χ0v) is 18.7. The lowest BCUT2D eigenvalue weighted by molar-refractivity contribution is -0.138. The first-order valence-electron chi connectivity index (χ1n) is 10.2. The molecule has 0 spiro atoms. The van der Waals surface area contributed by atoms with Gasteiger partial charge in [-0.2, -0.15) is 26.3 Å². The van der Waals surface area contributed by atoms with E-state index in [0.29, 0.717) is 17.1 Å². The summed E-state index contributed by atoms with van der Waals surface area (Å²) in [7, 11) is 2.65. The van der Waals surface area contributed by atoms with Crippen LogP contribution in [0.4, 0.5) is 37.7 Å². The van der Waals surface area contributed by atoms with Gasteiger partial charge < -0.3 is 14.8 Å². The SMILES string of the molecule is COCc1cc(Nc2ccc(C(F)(F)F)cc2)c2ncc(-c3ncc(OC)cc3C(F)(F)F)nc2n1. The molecule has 13 heteroatoms. The van der Waals surface area contributed by atoms with E-state index in [0.717, 1.165) is 30.6 Å². The number of aromatic nitrogens is 4. The molecule has 0 atom stereocenters. The molecule has 1 N–H and O–H groups in total. The Hall–Kier alpha value is -4.00. The molecule has 3 heterocycles. The number of benzene rings is 1. The third-order valence-corrected chi connectivity index (χ3v) is 5.00. The molecule has 1 aromatic carbocycles. The fraction of sp³-hybridized carbons (Fsp3) is 0.217. The maximum absolute atomic E-state index is 13.7. The van der Waals surface area contributed by atoms with Gasteiger partial charge in [0, 0.05) is 12.8 Å². The number of nitrogens with zero attached hydrogens (tertiary/aromatic N) is 4. The normalized spacial score (nSPS) is 12.1. The van der Waals surface area contributed by atoms with E-state index in [-0.39, 0.29) is 29.2 Å². The van der Waals surface area contributed by atoms with E-state index >= 15 is 0 Å². The van der Waals surface area contributed by atoms with Gasteiger partial charge in [0.15, 0.2) is 5.65 Å². The quantitative estimate of drug-likeness (QED) is 0.318. The van der Waals surface area contributed by atoms with Crippen molar-refractivity contribution >= 4 is 22.5 Å². The first kappa shape index (κ1) is 25.1. The standard InChI is InChI=1S/C23H17F6N5O2/c1-35-11-14-7-17(32-13-5-3-12(4-6-13)22(24,25)26)20-21(33-14)34-18(10-31-20)19-16(23(27,28)29)8-15(36-2)9-30-19/h3-10H,11H2,1-2H3,(H,32,33,34). The smallest absolute Gasteiger partial charge is 0.418 e. The first-order chi connectivity index (χ1) is 17.0. The van der Waals surface area contributed by atoms with Crippen LogP contribution in [0.15, 0.2) is 48.8 Å². The van der Waals surface area contributed by atoms with E-state index < -0.39 is 29.2 Å². The van der Waals surface area contributed by atoms with Crippen LogP contribution in [0.1, 0.15) is 16.8 Å². The number of anilines is 2. The number of methoxy groups -OCH3 is 2. The third-order valence-electron chi connectivity index (χ3n) is 5.00. The monoisotopic (exact) mass is 509 g/mol. The molecule has 0 radical (unpaired) electrons. The summed E-state index contributed by atoms with van der Waals surface area (Å²) in [6, 6.07) is 6.68. The fourth-order valence-electron chi connectivity index (χ4n) is 3.36. The van der Waals surface area contributed by atoms with Gasteiger partial charge in [0.2, 0.25) is 0 Å². The van der Waals surface area contributed by atoms with Gasteiger partial charge in [-0.25, -0.2) is 15.0 Å². The molecule has 0 aliphatic rings. The summed E-state index contributed by atoms with van der Waals surface area (Å²) >= 11 is 0. The van der Waals surface area contributed by atoms with Gasteiger partial charge in [-0.3, -0.25) is 4.98 Å². The highest BCUT2D eigenvalue weighted by Gasteiger charge is 2.36. The van der Waals surface area contributed by atoms with Crippen LogP contribution in [0.25, 0.3) is 22.6 Å². The summed E-state index contributed by atoms with van der Waals surface area (Å²) in [5.74, 6) is -0.0802. The van der Waals surface area contributed by atoms with Crippen molar-refractivity contribution in [2.75, 3.05) is 19.5 Å². The molecule has 4 aromatic rings. The highest BCUT2D eigenvalue weighted by atomic mass is 19.4. The number of halogens is 6. The minimum absolute atomic E-state index is 0.0118. The van der Waals surface area contributed by atoms with Crippen LogP contribution in [-0.2, 0) is 23.7 Å². The lowest BCUT2D eigenvalue weighted by Gasteiger charge is -2.14. The van der Waals surface area contributed by atoms with E-state index in [4.69, 9.17) is 9.47 Å². The van der Waals surface area contributed by atoms with E-state index in [2.05, 4.69) is 25.3 Å². The maximum Gasteiger partial charge on any atom is 0.418 e. The minimum Gasteiger partial charge on any atom is -0.495 e. The summed E-state index contributed by atoms with van der Waals surface area (Å²) in [6.45, 7) is 0.0398. The summed E-state index contributed by atoms with van der Waals surface area (Å²) in [4.78, 5) is 16.6. The number of hydrogen-bond acceptors (Lipinski definition) is 7. The number of alkyl halides is 6. The summed E-state index contributed by atoms with van der Waals surface area (Å²) in [5, 5.41) is 2.96. The van der Waals surface area contributed by atoms with Crippen LogP contribution < -0.4 is 10.1 Å². The highest BCUT2D eigenvalue weighted by Crippen LogP contribution is 2.38. The molecule has 0 aliphatic carbocycles. The van der Waals surface area contributed by atoms with Crippen molar-refractivity contribution in [2.24, 2.45) is 0 Å². The molecule has 0 saturated carbocycles. The predicted octanol–water partition coefficient (Wildman–Crippen LogP) is 6.02. The Balaban J connectivity index is 1.80. The molecule has 4 rings (SSSR count). The predicted molar refractivity (Wildman–Crippen MR) is 118 cm³/mol. The van der Waals surface area contributed by atoms with Crippen molar-refractivity contribution in [1.29, 1.82) is 0 Å². The van der Waals surface area contributed by atoms with Crippen molar-refractivity contribution in [3.63, 3.8) is 0 Å². The zero-order valence-electron chi connectivity index (χ0n) is 18.7. The Kier molecular flexibility index (Phi) is 6.67. The average molecular weight is 509 g/mol. The number of ether oxygens (including phenoxy) is 2. The van der Waals surface area contributed by atoms with E-state index in [9.17, 15) is 26.3 Å². The van der Waals surface area contributed by atoms with Crippen molar-refractivity contribution in [3.05, 3.63) is 65.6 Å². The highest BCUT2D eigenvalue weighted by molar-refractivity contribution is 5.88. The molecule has 0 bridgehead atoms. The Morgan fingerprint density at radius 3 is 2.19 bits per heavy atom. The molecule has 0 amide bonds. The molecule has 3 aromatic heterocycles. The average Bonchev–Trinajstić information content (AvgIpc) is 2.83. The van der Waals surface area contributed by atoms with E-state index in [1.54, 1.807) is 6.07 Å². The van der Waals surface area contributed by atoms with Gasteiger partial charge in [0.25, 0.3) is 0 Å². The molecular formula is C23H17F6N5O2. The Labute approximate surface area is 200 Å². The van der Waals surface area contributed by atoms with Crippen LogP contribution >= 0.6 is 0 Å². The largest absolute Gasteiger partial charge is 0.495 e. The molecule has 36 heavy (non-hydrogen) atoms. The first-order valence-corrected chi connectivity index (χ1v) is 10.2. The van der Waals surface area contributed by atoms with Crippen LogP contribution in [0.3, 0.4) is 0 Å². The Bertz CT molecular complexity index is 1390. The number of pyridine rings is 2. The topological polar surface area (TPSA) is 82.0 Å². The second-order valence-corrected chi connectivity index (χ2v) is 7.49. The van der Waals surface area contributed by atoms with Crippen LogP contribution in [0, 0.1) is 0 Å². The summed E-state index contributed by atoms with van der Waals surface area (Å²) < 4.78 is 89.6. The molecule has 0 unspecified atom stereocenters. The Morgan fingerprint density at radius 1 is 0.861 bits per heavy atom. The Morgan fingerprint density at radius 2 is 1.58 bits per heavy atom. The lowest BCUT2D eigenvalue weighted by Crippen LogP contribution is -2.10. The van der Waals surface area contributed by atoms with Crippen LogP contribution in [0.5, 0.6) is 5.75 Å². The molecule has 0 saturated heterocycles. The fourth-order valence-corrected chi connectivity index (χ4v) is 3.36. The molecule has 0 fully saturated rings. The van der Waals surface area contributed by atoms with Crippen LogP contribution in [-0.4, -0.2) is 34.2 Å². The molecule has 188 valence electrons. The number of fused-ring (bicyclic) bond motifs is 1. The number of rotatable bonds is 6.